The molecule has 22 heavy (non-hydrogen) atoms. The normalized spacial score (nSPS) is 37.0. The molecule has 0 spiro atoms. The van der Waals surface area contributed by atoms with Gasteiger partial charge < -0.3 is 16.2 Å². The van der Waals surface area contributed by atoms with Crippen LogP contribution in [-0.2, 0) is 14.3 Å². The van der Waals surface area contributed by atoms with Crippen LogP contribution in [0.1, 0.15) is 38.5 Å². The topological polar surface area (TPSA) is 95.4 Å². The van der Waals surface area contributed by atoms with Crippen LogP contribution in [0.3, 0.4) is 0 Å². The monoisotopic (exact) mass is 326 g/mol. The number of thioether (sulfide) groups is 1. The standard InChI is InChI=1S/C16H26N2O3S/c17-13(15(18)20)7-22-8-14(19)21-9-16-4-10-1-11(5-16)3-12(2-10)6-16/h10-13H,1-9,17H2,(H2,18,20)/t10?,11?,12?,13-,16?/m0/s1. The highest BCUT2D eigenvalue weighted by molar-refractivity contribution is 8.00. The zero-order chi connectivity index (χ0) is 15.7. The third-order valence-corrected chi connectivity index (χ3v) is 6.62. The average Bonchev–Trinajstić information content (AvgIpc) is 2.43. The summed E-state index contributed by atoms with van der Waals surface area (Å²) in [5, 5.41) is 0. The number of amides is 1. The molecule has 1 amide bonds. The number of primary amides is 1. The molecule has 4 N–H and O–H groups in total. The molecule has 0 aliphatic heterocycles. The Bertz CT molecular complexity index is 419. The Morgan fingerprint density at radius 3 is 2.18 bits per heavy atom. The second kappa shape index (κ2) is 6.40. The highest BCUT2D eigenvalue weighted by atomic mass is 32.2. The van der Waals surface area contributed by atoms with Gasteiger partial charge in [-0.1, -0.05) is 0 Å². The highest BCUT2D eigenvalue weighted by Gasteiger charge is 2.51. The van der Waals surface area contributed by atoms with E-state index in [0.717, 1.165) is 17.8 Å². The lowest BCUT2D eigenvalue weighted by Gasteiger charge is -2.56. The van der Waals surface area contributed by atoms with E-state index in [4.69, 9.17) is 16.2 Å². The molecule has 6 heteroatoms. The first-order valence-electron chi connectivity index (χ1n) is 8.24. The minimum Gasteiger partial charge on any atom is -0.464 e. The molecule has 0 unspecified atom stereocenters. The maximum Gasteiger partial charge on any atom is 0.315 e. The molecule has 0 heterocycles. The van der Waals surface area contributed by atoms with Crippen molar-refractivity contribution in [3.8, 4) is 0 Å². The van der Waals surface area contributed by atoms with Crippen molar-refractivity contribution >= 4 is 23.6 Å². The Kier molecular flexibility index (Phi) is 4.69. The molecule has 0 aromatic rings. The third kappa shape index (κ3) is 3.59. The summed E-state index contributed by atoms with van der Waals surface area (Å²) < 4.78 is 5.55. The van der Waals surface area contributed by atoms with Gasteiger partial charge in [0, 0.05) is 11.2 Å². The first kappa shape index (κ1) is 16.1. The van der Waals surface area contributed by atoms with E-state index in [0.29, 0.717) is 12.4 Å². The lowest BCUT2D eigenvalue weighted by atomic mass is 9.50. The number of nitrogens with two attached hydrogens (primary N) is 2. The van der Waals surface area contributed by atoms with Crippen molar-refractivity contribution in [2.24, 2.45) is 34.6 Å². The van der Waals surface area contributed by atoms with Crippen LogP contribution in [0.2, 0.25) is 0 Å². The summed E-state index contributed by atoms with van der Waals surface area (Å²) in [6.45, 7) is 0.581. The van der Waals surface area contributed by atoms with Crippen molar-refractivity contribution in [3.05, 3.63) is 0 Å². The minimum atomic E-state index is -0.694. The van der Waals surface area contributed by atoms with Crippen LogP contribution < -0.4 is 11.5 Å². The van der Waals surface area contributed by atoms with Gasteiger partial charge in [0.25, 0.3) is 0 Å². The van der Waals surface area contributed by atoms with E-state index < -0.39 is 11.9 Å². The van der Waals surface area contributed by atoms with Crippen LogP contribution in [0.5, 0.6) is 0 Å². The molecule has 1 atom stereocenters. The molecule has 4 aliphatic carbocycles. The molecule has 4 bridgehead atoms. The summed E-state index contributed by atoms with van der Waals surface area (Å²) in [6, 6.07) is -0.694. The van der Waals surface area contributed by atoms with E-state index in [2.05, 4.69) is 0 Å². The number of hydrogen-bond acceptors (Lipinski definition) is 5. The Hall–Kier alpha value is -0.750. The van der Waals surface area contributed by atoms with Crippen LogP contribution in [-0.4, -0.2) is 36.0 Å². The van der Waals surface area contributed by atoms with Gasteiger partial charge in [0.1, 0.15) is 0 Å². The summed E-state index contributed by atoms with van der Waals surface area (Å²) in [5.74, 6) is 2.48. The van der Waals surface area contributed by atoms with Gasteiger partial charge in [0.05, 0.1) is 18.4 Å². The zero-order valence-corrected chi connectivity index (χ0v) is 13.8. The summed E-state index contributed by atoms with van der Waals surface area (Å²) in [6.07, 6.45) is 7.92. The second-order valence-electron chi connectivity index (χ2n) is 7.60. The van der Waals surface area contributed by atoms with Crippen LogP contribution in [0.4, 0.5) is 0 Å². The van der Waals surface area contributed by atoms with Gasteiger partial charge in [-0.25, -0.2) is 0 Å². The molecule has 0 saturated heterocycles. The van der Waals surface area contributed by atoms with Crippen LogP contribution in [0.15, 0.2) is 0 Å². The fourth-order valence-corrected chi connectivity index (χ4v) is 5.88. The van der Waals surface area contributed by atoms with Gasteiger partial charge in [0.15, 0.2) is 0 Å². The van der Waals surface area contributed by atoms with E-state index in [-0.39, 0.29) is 17.1 Å². The van der Waals surface area contributed by atoms with Crippen molar-refractivity contribution < 1.29 is 14.3 Å². The number of esters is 1. The largest absolute Gasteiger partial charge is 0.464 e. The number of carbonyl (C=O) groups is 2. The molecule has 4 aliphatic rings. The Morgan fingerprint density at radius 1 is 1.14 bits per heavy atom. The van der Waals surface area contributed by atoms with Crippen LogP contribution >= 0.6 is 11.8 Å². The van der Waals surface area contributed by atoms with Crippen LogP contribution in [0.25, 0.3) is 0 Å². The molecular weight excluding hydrogens is 300 g/mol. The number of ether oxygens (including phenoxy) is 1. The fraction of sp³-hybridized carbons (Fsp3) is 0.875. The molecule has 0 aromatic heterocycles. The number of carbonyl (C=O) groups excluding carboxylic acids is 2. The zero-order valence-electron chi connectivity index (χ0n) is 13.0. The van der Waals surface area contributed by atoms with Crippen LogP contribution in [0, 0.1) is 23.2 Å². The predicted octanol–water partition coefficient (Wildman–Crippen LogP) is 1.29. The molecule has 0 radical (unpaired) electrons. The SMILES string of the molecule is NC(=O)[C@@H](N)CSCC(=O)OCC12CC3CC(CC(C3)C1)C2. The lowest BCUT2D eigenvalue weighted by molar-refractivity contribution is -0.152. The molecular formula is C16H26N2O3S. The molecule has 4 saturated carbocycles. The van der Waals surface area contributed by atoms with Gasteiger partial charge in [-0.15, -0.1) is 11.8 Å². The number of rotatable bonds is 7. The molecule has 5 nitrogen and oxygen atoms in total. The molecule has 124 valence electrons. The van der Waals surface area contributed by atoms with E-state index in [1.165, 1.54) is 50.3 Å². The van der Waals surface area contributed by atoms with Crippen molar-refractivity contribution in [3.63, 3.8) is 0 Å². The maximum absolute atomic E-state index is 11.9. The minimum absolute atomic E-state index is 0.197. The smallest absolute Gasteiger partial charge is 0.315 e. The highest BCUT2D eigenvalue weighted by Crippen LogP contribution is 2.60. The van der Waals surface area contributed by atoms with E-state index in [9.17, 15) is 9.59 Å². The summed E-state index contributed by atoms with van der Waals surface area (Å²) in [7, 11) is 0. The van der Waals surface area contributed by atoms with E-state index in [1.54, 1.807) is 0 Å². The molecule has 0 aromatic carbocycles. The van der Waals surface area contributed by atoms with Gasteiger partial charge in [-0.3, -0.25) is 9.59 Å². The molecule has 4 rings (SSSR count). The van der Waals surface area contributed by atoms with Crippen molar-refractivity contribution in [2.45, 2.75) is 44.6 Å². The van der Waals surface area contributed by atoms with Crippen molar-refractivity contribution in [1.82, 2.24) is 0 Å². The van der Waals surface area contributed by atoms with Crippen molar-refractivity contribution in [2.75, 3.05) is 18.1 Å². The van der Waals surface area contributed by atoms with E-state index >= 15 is 0 Å². The van der Waals surface area contributed by atoms with Gasteiger partial charge >= 0.3 is 5.97 Å². The summed E-state index contributed by atoms with van der Waals surface area (Å²) in [5.41, 5.74) is 10.9. The first-order valence-corrected chi connectivity index (χ1v) is 9.39. The Morgan fingerprint density at radius 2 is 1.68 bits per heavy atom. The average molecular weight is 326 g/mol. The molecule has 4 fully saturated rings. The summed E-state index contributed by atoms with van der Waals surface area (Å²) in [4.78, 5) is 22.7. The summed E-state index contributed by atoms with van der Waals surface area (Å²) >= 11 is 1.31. The lowest BCUT2D eigenvalue weighted by Crippen LogP contribution is -2.48. The first-order chi connectivity index (χ1) is 10.5. The third-order valence-electron chi connectivity index (χ3n) is 5.59. The van der Waals surface area contributed by atoms with Gasteiger partial charge in [0.2, 0.25) is 5.91 Å². The van der Waals surface area contributed by atoms with E-state index in [1.807, 2.05) is 0 Å². The second-order valence-corrected chi connectivity index (χ2v) is 8.63. The fourth-order valence-electron chi connectivity index (χ4n) is 5.09. The van der Waals surface area contributed by atoms with Crippen molar-refractivity contribution in [1.29, 1.82) is 0 Å². The Balaban J connectivity index is 1.41. The quantitative estimate of drug-likeness (QED) is 0.687. The number of hydrogen-bond donors (Lipinski definition) is 2. The van der Waals surface area contributed by atoms with Gasteiger partial charge in [-0.2, -0.15) is 0 Å². The Labute approximate surface area is 135 Å². The maximum atomic E-state index is 11.9. The van der Waals surface area contributed by atoms with Gasteiger partial charge in [-0.05, 0) is 56.3 Å². The predicted molar refractivity (Wildman–Crippen MR) is 86.1 cm³/mol.